The number of carbonyl (C=O) groups is 8. The Hall–Kier alpha value is -9.11. The van der Waals surface area contributed by atoms with Crippen LogP contribution >= 0.6 is 34.8 Å². The summed E-state index contributed by atoms with van der Waals surface area (Å²) in [6.07, 6.45) is 18.6. The summed E-state index contributed by atoms with van der Waals surface area (Å²) in [5, 5.41) is 26.2. The van der Waals surface area contributed by atoms with Crippen molar-refractivity contribution >= 4 is 117 Å². The van der Waals surface area contributed by atoms with Crippen LogP contribution in [0.25, 0.3) is 0 Å². The highest BCUT2D eigenvalue weighted by atomic mass is 35.5. The quantitative estimate of drug-likeness (QED) is 0.0656. The van der Waals surface area contributed by atoms with Gasteiger partial charge in [0.2, 0.25) is 0 Å². The predicted molar refractivity (Wildman–Crippen MR) is 367 cm³/mol. The molecule has 0 radical (unpaired) electrons. The second kappa shape index (κ2) is 34.5. The topological polar surface area (TPSA) is 357 Å². The number of aryl methyl sites for hydroxylation is 3. The molecule has 0 aromatic carbocycles. The Kier molecular flexibility index (Phi) is 27.3. The van der Waals surface area contributed by atoms with Crippen LogP contribution in [0, 0.1) is 38.5 Å². The lowest BCUT2D eigenvalue weighted by atomic mass is 9.90. The fourth-order valence-corrected chi connectivity index (χ4v) is 10.9. The number of rotatable bonds is 8. The first-order valence-electron chi connectivity index (χ1n) is 31.1. The van der Waals surface area contributed by atoms with Crippen LogP contribution in [0.5, 0.6) is 0 Å². The van der Waals surface area contributed by atoms with Crippen molar-refractivity contribution in [1.29, 1.82) is 0 Å². The number of likely N-dealkylation sites (tertiary alicyclic amines) is 2. The maximum absolute atomic E-state index is 13.1. The van der Waals surface area contributed by atoms with Gasteiger partial charge in [0, 0.05) is 56.3 Å². The van der Waals surface area contributed by atoms with E-state index in [4.69, 9.17) is 55.1 Å². The lowest BCUT2D eigenvalue weighted by Crippen LogP contribution is -2.46. The highest BCUT2D eigenvalue weighted by molar-refractivity contribution is 6.40. The molecule has 29 heteroatoms. The van der Waals surface area contributed by atoms with Gasteiger partial charge in [-0.3, -0.25) is 49.6 Å². The van der Waals surface area contributed by atoms with Gasteiger partial charge in [0.1, 0.15) is 28.7 Å². The molecule has 3 aliphatic rings. The summed E-state index contributed by atoms with van der Waals surface area (Å²) in [6, 6.07) is 10.3. The van der Waals surface area contributed by atoms with Crippen LogP contribution in [0.1, 0.15) is 152 Å². The van der Waals surface area contributed by atoms with E-state index in [2.05, 4.69) is 75.7 Å². The van der Waals surface area contributed by atoms with Gasteiger partial charge < -0.3 is 51.4 Å². The van der Waals surface area contributed by atoms with Crippen molar-refractivity contribution in [3.05, 3.63) is 141 Å². The van der Waals surface area contributed by atoms with Gasteiger partial charge in [-0.05, 0) is 195 Å². The molecule has 0 spiro atoms. The van der Waals surface area contributed by atoms with E-state index in [0.29, 0.717) is 75.7 Å². The summed E-state index contributed by atoms with van der Waals surface area (Å²) in [6.45, 7) is 24.1. The van der Waals surface area contributed by atoms with Gasteiger partial charge in [0.25, 0.3) is 0 Å². The van der Waals surface area contributed by atoms with E-state index in [9.17, 15) is 38.4 Å². The maximum atomic E-state index is 13.1. The van der Waals surface area contributed by atoms with Crippen LogP contribution in [0.15, 0.2) is 92.2 Å². The molecule has 6 aromatic heterocycles. The molecule has 6 atom stereocenters. The molecule has 0 saturated carbocycles. The molecule has 96 heavy (non-hydrogen) atoms. The van der Waals surface area contributed by atoms with E-state index in [1.165, 1.54) is 49.3 Å². The zero-order valence-electron chi connectivity index (χ0n) is 55.8. The first-order valence-corrected chi connectivity index (χ1v) is 32.2. The number of carboxylic acids is 1. The van der Waals surface area contributed by atoms with Crippen LogP contribution in [-0.4, -0.2) is 123 Å². The minimum atomic E-state index is -1.59. The van der Waals surface area contributed by atoms with Crippen molar-refractivity contribution in [2.24, 2.45) is 17.8 Å². The zero-order chi connectivity index (χ0) is 70.8. The average Bonchev–Trinajstić information content (AvgIpc) is 0.821. The largest absolute Gasteiger partial charge is 0.474 e. The number of nitrogens with two attached hydrogens (primary N) is 1. The normalized spacial score (nSPS) is 18.3. The molecule has 7 amide bonds. The number of hydrogen-bond acceptors (Lipinski definition) is 18. The van der Waals surface area contributed by atoms with Gasteiger partial charge in [0.15, 0.2) is 0 Å². The van der Waals surface area contributed by atoms with E-state index in [-0.39, 0.29) is 29.5 Å². The molecule has 0 bridgehead atoms. The minimum absolute atomic E-state index is 0.217. The molecule has 9 rings (SSSR count). The first-order chi connectivity index (χ1) is 45.1. The number of anilines is 6. The predicted octanol–water partition coefficient (Wildman–Crippen LogP) is 12.2. The number of aliphatic carboxylic acids is 1. The Morgan fingerprint density at radius 2 is 0.875 bits per heavy atom. The molecular weight excluding hydrogens is 1300 g/mol. The molecule has 3 fully saturated rings. The van der Waals surface area contributed by atoms with Crippen LogP contribution in [0.4, 0.5) is 44.1 Å². The molecule has 26 nitrogen and oxygen atoms in total. The molecule has 0 aliphatic carbocycles. The van der Waals surface area contributed by atoms with Gasteiger partial charge in [0.05, 0.1) is 62.8 Å². The Labute approximate surface area is 573 Å². The van der Waals surface area contributed by atoms with Gasteiger partial charge in [-0.2, -0.15) is 0 Å². The van der Waals surface area contributed by atoms with E-state index in [1.54, 1.807) is 121 Å². The zero-order valence-corrected chi connectivity index (χ0v) is 58.1. The summed E-state index contributed by atoms with van der Waals surface area (Å²) in [7, 11) is 0. The van der Waals surface area contributed by atoms with Gasteiger partial charge in [-0.15, -0.1) is 0 Å². The third-order valence-electron chi connectivity index (χ3n) is 15.0. The number of amides is 7. The lowest BCUT2D eigenvalue weighted by Gasteiger charge is -2.38. The third kappa shape index (κ3) is 24.0. The van der Waals surface area contributed by atoms with Crippen LogP contribution in [0.3, 0.4) is 0 Å². The number of nitrogens with zero attached hydrogens (tertiary/aromatic N) is 8. The van der Waals surface area contributed by atoms with Crippen LogP contribution < -0.4 is 37.6 Å². The highest BCUT2D eigenvalue weighted by Crippen LogP contribution is 2.36. The van der Waals surface area contributed by atoms with E-state index in [1.807, 2.05) is 19.2 Å². The summed E-state index contributed by atoms with van der Waals surface area (Å²) in [5.74, 6) is -3.12. The van der Waals surface area contributed by atoms with Crippen LogP contribution in [0.2, 0.25) is 15.1 Å². The van der Waals surface area contributed by atoms with E-state index >= 15 is 0 Å². The monoisotopic (exact) mass is 1380 g/mol. The molecule has 3 saturated heterocycles. The van der Waals surface area contributed by atoms with E-state index in [0.717, 1.165) is 53.4 Å². The second-order valence-electron chi connectivity index (χ2n) is 25.9. The van der Waals surface area contributed by atoms with Crippen LogP contribution in [-0.2, 0) is 38.2 Å². The summed E-state index contributed by atoms with van der Waals surface area (Å²) in [4.78, 5) is 124. The summed E-state index contributed by atoms with van der Waals surface area (Å²) in [5.41, 5.74) is 10.1. The Morgan fingerprint density at radius 1 is 0.500 bits per heavy atom. The second-order valence-corrected chi connectivity index (χ2v) is 27.2. The first kappa shape index (κ1) is 75.9. The van der Waals surface area contributed by atoms with Crippen molar-refractivity contribution in [1.82, 2.24) is 45.0 Å². The number of carboxylic acid groups (broad SMARTS) is 1. The summed E-state index contributed by atoms with van der Waals surface area (Å²) >= 11 is 18.1. The van der Waals surface area contributed by atoms with Crippen molar-refractivity contribution in [3.63, 3.8) is 0 Å². The molecule has 9 N–H and O–H groups in total. The summed E-state index contributed by atoms with van der Waals surface area (Å²) < 4.78 is 10.3. The standard InChI is InChI=1S/C24H30ClN5O4.C19H22ClN5O2.C13H17N3O5.C11H15ClN2/c1-14-6-7-19(16-9-17(25)11-26-10-16)30(13-14)22(32)21(31)28-18-8-15(2)20(27-12-18)29-23(33)34-24(3,4)5;1-11-3-4-16(13-6-14(20)8-22-7-13)25(10-11)19(27)18(26)24-15-5-12(2)17(21)23-9-15;1-7-5-8(15-10(17)11(18)19)6-14-9(7)16-12(20)21-13(2,3)4;1-8-2-3-11(14-5-8)9-4-10(12)7-13-6-9/h8-12,14,19H,6-7,13H2,1-5H3,(H,28,31)(H,27,29,33);5-9,11,16H,3-4,10H2,1-2H3,(H2,21,23)(H,24,26);5-6H,1-4H3,(H,15,17)(H,18,19)(H,14,16,20);4,6-8,11,14H,2-3,5H2,1H3/t14-,19+;11-,16+;;8-,11+/m00.1/s1. The van der Waals surface area contributed by atoms with Crippen molar-refractivity contribution in [2.45, 2.75) is 151 Å². The van der Waals surface area contributed by atoms with E-state index < -0.39 is 58.9 Å². The Morgan fingerprint density at radius 3 is 1.24 bits per heavy atom. The minimum Gasteiger partial charge on any atom is -0.474 e. The number of ether oxygens (including phenoxy) is 2. The number of pyridine rings is 6. The van der Waals surface area contributed by atoms with Crippen molar-refractivity contribution in [2.75, 3.05) is 52.0 Å². The number of aromatic nitrogens is 6. The Balaban J connectivity index is 0.000000211. The molecule has 514 valence electrons. The smallest absolute Gasteiger partial charge is 0.413 e. The third-order valence-corrected chi connectivity index (χ3v) is 15.7. The fourth-order valence-electron chi connectivity index (χ4n) is 10.4. The molecule has 9 heterocycles. The lowest BCUT2D eigenvalue weighted by molar-refractivity contribution is -0.147. The molecule has 6 aromatic rings. The SMILES string of the molecule is C[C@@H]1CC[C@@H](c2cncc(Cl)c2)NC1.Cc1cc(NC(=O)C(=O)N2C[C@@H](C)CC[C@@H]2c2cncc(Cl)c2)cnc1N.Cc1cc(NC(=O)C(=O)N2C[C@@H](C)CC[C@@H]2c2cncc(Cl)c2)cnc1NC(=O)OC(C)(C)C.Cc1cc(NC(=O)C(=O)O)cnc1NC(=O)OC(C)(C)C. The maximum Gasteiger partial charge on any atom is 0.413 e. The molecular formula is C67H84Cl3N15O11. The van der Waals surface area contributed by atoms with Gasteiger partial charge >= 0.3 is 47.7 Å². The average molecular weight is 1380 g/mol. The number of hydrogen-bond donors (Lipinski definition) is 8. The number of halogens is 3. The number of nitrogen functional groups attached to an aromatic ring is 1. The fraction of sp³-hybridized carbons (Fsp3) is 0.433. The van der Waals surface area contributed by atoms with Gasteiger partial charge in [-0.1, -0.05) is 55.6 Å². The van der Waals surface area contributed by atoms with Gasteiger partial charge in [-0.25, -0.2) is 29.3 Å². The number of piperidine rings is 3. The number of nitrogens with one attached hydrogen (secondary N) is 6. The molecule has 3 aliphatic heterocycles. The number of carbonyl (C=O) groups excluding carboxylic acids is 7. The highest BCUT2D eigenvalue weighted by Gasteiger charge is 2.36. The van der Waals surface area contributed by atoms with Crippen molar-refractivity contribution < 1.29 is 52.9 Å². The van der Waals surface area contributed by atoms with Crippen molar-refractivity contribution in [3.8, 4) is 0 Å². The molecule has 0 unspecified atom stereocenters. The Bertz CT molecular complexity index is 3770.